The van der Waals surface area contributed by atoms with Crippen LogP contribution in [0, 0.1) is 0 Å². The van der Waals surface area contributed by atoms with Crippen LogP contribution in [0.15, 0.2) is 29.3 Å². The van der Waals surface area contributed by atoms with E-state index in [1.54, 1.807) is 6.26 Å². The van der Waals surface area contributed by atoms with Crippen molar-refractivity contribution in [3.05, 3.63) is 24.3 Å². The van der Waals surface area contributed by atoms with E-state index in [1.807, 2.05) is 0 Å². The van der Waals surface area contributed by atoms with E-state index >= 15 is 0 Å². The van der Waals surface area contributed by atoms with Crippen LogP contribution in [0.4, 0.5) is 18.9 Å². The monoisotopic (exact) mass is 286 g/mol. The van der Waals surface area contributed by atoms with Gasteiger partial charge in [0.15, 0.2) is 5.17 Å². The van der Waals surface area contributed by atoms with Gasteiger partial charge in [0.25, 0.3) is 0 Å². The van der Waals surface area contributed by atoms with E-state index in [-0.39, 0.29) is 18.2 Å². The standard InChI is InChI=1S/C9H9F3N2OS.ClH/c1-16-8(13)14-6-2-4-7(5-3-6)15-9(10,11)12;/h2-5H,1H3,(H2,13,14);1H. The van der Waals surface area contributed by atoms with E-state index in [0.717, 1.165) is 0 Å². The Morgan fingerprint density at radius 2 is 1.82 bits per heavy atom. The Balaban J connectivity index is 0.00000256. The van der Waals surface area contributed by atoms with Crippen molar-refractivity contribution in [3.8, 4) is 5.75 Å². The molecular formula is C9H10ClF3N2OS. The second-order valence-corrected chi connectivity index (χ2v) is 3.52. The van der Waals surface area contributed by atoms with Crippen molar-refractivity contribution in [1.82, 2.24) is 0 Å². The van der Waals surface area contributed by atoms with Crippen LogP contribution < -0.4 is 10.5 Å². The van der Waals surface area contributed by atoms with Crippen LogP contribution in [0.25, 0.3) is 0 Å². The normalized spacial score (nSPS) is 11.9. The van der Waals surface area contributed by atoms with Gasteiger partial charge in [-0.2, -0.15) is 0 Å². The fourth-order valence-electron chi connectivity index (χ4n) is 0.895. The fraction of sp³-hybridized carbons (Fsp3) is 0.222. The minimum Gasteiger partial charge on any atom is -0.406 e. The SMILES string of the molecule is CSC(N)=Nc1ccc(OC(F)(F)F)cc1.Cl. The lowest BCUT2D eigenvalue weighted by atomic mass is 10.3. The van der Waals surface area contributed by atoms with Gasteiger partial charge < -0.3 is 10.5 Å². The molecule has 96 valence electrons. The maximum Gasteiger partial charge on any atom is 0.573 e. The summed E-state index contributed by atoms with van der Waals surface area (Å²) in [7, 11) is 0. The van der Waals surface area contributed by atoms with Crippen molar-refractivity contribution in [1.29, 1.82) is 0 Å². The topological polar surface area (TPSA) is 47.6 Å². The molecule has 3 nitrogen and oxygen atoms in total. The van der Waals surface area contributed by atoms with Crippen LogP contribution >= 0.6 is 24.2 Å². The predicted octanol–water partition coefficient (Wildman–Crippen LogP) is 3.32. The fourth-order valence-corrected chi connectivity index (χ4v) is 1.09. The number of nitrogens with two attached hydrogens (primary N) is 1. The highest BCUT2D eigenvalue weighted by molar-refractivity contribution is 8.13. The second kappa shape index (κ2) is 6.61. The summed E-state index contributed by atoms with van der Waals surface area (Å²) >= 11 is 1.25. The van der Waals surface area contributed by atoms with Crippen molar-refractivity contribution in [2.24, 2.45) is 10.7 Å². The summed E-state index contributed by atoms with van der Waals surface area (Å²) in [5.41, 5.74) is 5.92. The van der Waals surface area contributed by atoms with Crippen molar-refractivity contribution in [2.45, 2.75) is 6.36 Å². The van der Waals surface area contributed by atoms with Crippen LogP contribution in [0.2, 0.25) is 0 Å². The molecule has 0 radical (unpaired) electrons. The molecule has 2 N–H and O–H groups in total. The van der Waals surface area contributed by atoms with Crippen LogP contribution in [-0.2, 0) is 0 Å². The lowest BCUT2D eigenvalue weighted by molar-refractivity contribution is -0.274. The van der Waals surface area contributed by atoms with Crippen molar-refractivity contribution in [3.63, 3.8) is 0 Å². The Morgan fingerprint density at radius 1 is 1.29 bits per heavy atom. The Kier molecular flexibility index (Phi) is 6.19. The van der Waals surface area contributed by atoms with Crippen LogP contribution in [-0.4, -0.2) is 17.8 Å². The number of amidine groups is 1. The molecule has 0 saturated carbocycles. The van der Waals surface area contributed by atoms with Crippen molar-refractivity contribution in [2.75, 3.05) is 6.26 Å². The average molecular weight is 287 g/mol. The molecule has 1 rings (SSSR count). The van der Waals surface area contributed by atoms with Gasteiger partial charge >= 0.3 is 6.36 Å². The zero-order valence-corrected chi connectivity index (χ0v) is 10.3. The molecule has 1 aromatic rings. The molecule has 0 aliphatic carbocycles. The van der Waals surface area contributed by atoms with Crippen molar-refractivity contribution >= 4 is 35.0 Å². The third-order valence-electron chi connectivity index (χ3n) is 1.52. The number of halogens is 4. The molecular weight excluding hydrogens is 277 g/mol. The number of ether oxygens (including phenoxy) is 1. The maximum absolute atomic E-state index is 11.8. The molecule has 0 aliphatic heterocycles. The van der Waals surface area contributed by atoms with Gasteiger partial charge in [-0.05, 0) is 30.5 Å². The van der Waals surface area contributed by atoms with E-state index in [2.05, 4.69) is 9.73 Å². The summed E-state index contributed by atoms with van der Waals surface area (Å²) in [6, 6.07) is 5.15. The summed E-state index contributed by atoms with van der Waals surface area (Å²) in [6.45, 7) is 0. The molecule has 0 spiro atoms. The molecule has 17 heavy (non-hydrogen) atoms. The number of nitrogens with zero attached hydrogens (tertiary/aromatic N) is 1. The van der Waals surface area contributed by atoms with Gasteiger partial charge in [0.05, 0.1) is 5.69 Å². The molecule has 0 heterocycles. The van der Waals surface area contributed by atoms with Gasteiger partial charge in [0, 0.05) is 0 Å². The first kappa shape index (κ1) is 15.9. The van der Waals surface area contributed by atoms with E-state index < -0.39 is 6.36 Å². The molecule has 0 atom stereocenters. The van der Waals surface area contributed by atoms with Gasteiger partial charge in [-0.15, -0.1) is 25.6 Å². The number of hydrogen-bond acceptors (Lipinski definition) is 3. The van der Waals surface area contributed by atoms with E-state index in [0.29, 0.717) is 10.9 Å². The Bertz CT molecular complexity index is 381. The average Bonchev–Trinajstić information content (AvgIpc) is 2.18. The van der Waals surface area contributed by atoms with Crippen molar-refractivity contribution < 1.29 is 17.9 Å². The molecule has 8 heteroatoms. The van der Waals surface area contributed by atoms with Crippen LogP contribution in [0.3, 0.4) is 0 Å². The Hall–Kier alpha value is -1.08. The molecule has 0 amide bonds. The molecule has 0 unspecified atom stereocenters. The summed E-state index contributed by atoms with van der Waals surface area (Å²) in [6.07, 6.45) is -2.93. The molecule has 0 saturated heterocycles. The predicted molar refractivity (Wildman–Crippen MR) is 65.2 cm³/mol. The number of rotatable bonds is 2. The number of hydrogen-bond donors (Lipinski definition) is 1. The molecule has 1 aromatic carbocycles. The van der Waals surface area contributed by atoms with Crippen LogP contribution in [0.1, 0.15) is 0 Å². The van der Waals surface area contributed by atoms with Gasteiger partial charge in [0.1, 0.15) is 5.75 Å². The smallest absolute Gasteiger partial charge is 0.406 e. The van der Waals surface area contributed by atoms with E-state index in [1.165, 1.54) is 36.0 Å². The lowest BCUT2D eigenvalue weighted by Crippen LogP contribution is -2.16. The van der Waals surface area contributed by atoms with Crippen LogP contribution in [0.5, 0.6) is 5.75 Å². The minimum atomic E-state index is -4.68. The lowest BCUT2D eigenvalue weighted by Gasteiger charge is -2.08. The van der Waals surface area contributed by atoms with E-state index in [4.69, 9.17) is 5.73 Å². The first-order chi connectivity index (χ1) is 7.40. The molecule has 0 fully saturated rings. The zero-order valence-electron chi connectivity index (χ0n) is 8.69. The summed E-state index contributed by atoms with van der Waals surface area (Å²) < 4.78 is 39.2. The van der Waals surface area contributed by atoms with Gasteiger partial charge in [-0.1, -0.05) is 11.8 Å². The summed E-state index contributed by atoms with van der Waals surface area (Å²) in [5, 5.41) is 0.337. The number of alkyl halides is 3. The van der Waals surface area contributed by atoms with E-state index in [9.17, 15) is 13.2 Å². The summed E-state index contributed by atoms with van der Waals surface area (Å²) in [4.78, 5) is 3.94. The quantitative estimate of drug-likeness (QED) is 0.670. The molecule has 0 bridgehead atoms. The molecule has 0 aromatic heterocycles. The van der Waals surface area contributed by atoms with Gasteiger partial charge in [-0.3, -0.25) is 0 Å². The first-order valence-corrected chi connectivity index (χ1v) is 5.37. The maximum atomic E-state index is 11.8. The third kappa shape index (κ3) is 6.28. The Labute approximate surface area is 107 Å². The second-order valence-electron chi connectivity index (χ2n) is 2.70. The number of thioether (sulfide) groups is 1. The van der Waals surface area contributed by atoms with Gasteiger partial charge in [-0.25, -0.2) is 4.99 Å². The Morgan fingerprint density at radius 3 is 2.24 bits per heavy atom. The van der Waals surface area contributed by atoms with Gasteiger partial charge in [0.2, 0.25) is 0 Å². The highest BCUT2D eigenvalue weighted by Crippen LogP contribution is 2.25. The number of benzene rings is 1. The zero-order chi connectivity index (χ0) is 12.2. The first-order valence-electron chi connectivity index (χ1n) is 4.14. The number of aliphatic imine (C=N–C) groups is 1. The molecule has 0 aliphatic rings. The summed E-state index contributed by atoms with van der Waals surface area (Å²) in [5.74, 6) is -0.283. The highest BCUT2D eigenvalue weighted by Gasteiger charge is 2.30. The third-order valence-corrected chi connectivity index (χ3v) is 2.03. The highest BCUT2D eigenvalue weighted by atomic mass is 35.5. The largest absolute Gasteiger partial charge is 0.573 e. The minimum absolute atomic E-state index is 0.